The molecule has 4 nitrogen and oxygen atoms in total. The number of aryl methyl sites for hydroxylation is 1. The molecule has 3 aromatic carbocycles. The second kappa shape index (κ2) is 5.74. The SMILES string of the molecule is CCN1C(=O)c2cccc3c(NC(=O)c4ccccc4C)ccc1c23. The third-order valence-electron chi connectivity index (χ3n) is 4.74. The van der Waals surface area contributed by atoms with Crippen LogP contribution in [0.4, 0.5) is 11.4 Å². The topological polar surface area (TPSA) is 49.4 Å². The predicted molar refractivity (Wildman–Crippen MR) is 100 cm³/mol. The minimum absolute atomic E-state index is 0.0190. The van der Waals surface area contributed by atoms with Gasteiger partial charge in [0.25, 0.3) is 11.8 Å². The summed E-state index contributed by atoms with van der Waals surface area (Å²) in [5, 5.41) is 4.81. The number of hydrogen-bond donors (Lipinski definition) is 1. The average Bonchev–Trinajstić information content (AvgIpc) is 2.90. The summed E-state index contributed by atoms with van der Waals surface area (Å²) in [6.45, 7) is 4.50. The zero-order valence-electron chi connectivity index (χ0n) is 14.2. The molecule has 2 amide bonds. The van der Waals surface area contributed by atoms with E-state index in [0.717, 1.165) is 27.7 Å². The van der Waals surface area contributed by atoms with Gasteiger partial charge in [-0.15, -0.1) is 0 Å². The van der Waals surface area contributed by atoms with Gasteiger partial charge < -0.3 is 10.2 Å². The molecule has 0 aromatic heterocycles. The predicted octanol–water partition coefficient (Wildman–Crippen LogP) is 4.38. The molecule has 4 heteroatoms. The first-order valence-corrected chi connectivity index (χ1v) is 8.36. The summed E-state index contributed by atoms with van der Waals surface area (Å²) in [4.78, 5) is 27.0. The summed E-state index contributed by atoms with van der Waals surface area (Å²) in [5.41, 5.74) is 3.91. The van der Waals surface area contributed by atoms with Crippen LogP contribution in [0.1, 0.15) is 33.2 Å². The van der Waals surface area contributed by atoms with E-state index in [2.05, 4.69) is 5.32 Å². The van der Waals surface area contributed by atoms with Gasteiger partial charge in [-0.05, 0) is 43.7 Å². The van der Waals surface area contributed by atoms with Crippen molar-refractivity contribution in [1.29, 1.82) is 0 Å². The maximum Gasteiger partial charge on any atom is 0.258 e. The number of carbonyl (C=O) groups excluding carboxylic acids is 2. The Morgan fingerprint density at radius 2 is 1.84 bits per heavy atom. The lowest BCUT2D eigenvalue weighted by atomic mass is 10.0. The molecule has 1 N–H and O–H groups in total. The van der Waals surface area contributed by atoms with Crippen LogP contribution in [0, 0.1) is 6.92 Å². The number of rotatable bonds is 3. The monoisotopic (exact) mass is 330 g/mol. The van der Waals surface area contributed by atoms with Crippen LogP contribution in [0.25, 0.3) is 10.8 Å². The fraction of sp³-hybridized carbons (Fsp3) is 0.143. The highest BCUT2D eigenvalue weighted by atomic mass is 16.2. The number of amides is 2. The minimum atomic E-state index is -0.143. The van der Waals surface area contributed by atoms with Crippen LogP contribution in [-0.4, -0.2) is 18.4 Å². The van der Waals surface area contributed by atoms with Crippen molar-refractivity contribution in [2.75, 3.05) is 16.8 Å². The van der Waals surface area contributed by atoms with E-state index in [1.807, 2.05) is 68.4 Å². The maximum absolute atomic E-state index is 12.7. The summed E-state index contributed by atoms with van der Waals surface area (Å²) in [7, 11) is 0. The van der Waals surface area contributed by atoms with Gasteiger partial charge in [-0.2, -0.15) is 0 Å². The number of carbonyl (C=O) groups is 2. The van der Waals surface area contributed by atoms with Crippen molar-refractivity contribution in [3.05, 3.63) is 71.3 Å². The number of benzene rings is 3. The zero-order chi connectivity index (χ0) is 17.6. The van der Waals surface area contributed by atoms with E-state index >= 15 is 0 Å². The number of hydrogen-bond acceptors (Lipinski definition) is 2. The maximum atomic E-state index is 12.7. The van der Waals surface area contributed by atoms with E-state index in [9.17, 15) is 9.59 Å². The van der Waals surface area contributed by atoms with Gasteiger partial charge in [0.05, 0.1) is 5.69 Å². The number of anilines is 2. The second-order valence-corrected chi connectivity index (χ2v) is 6.18. The largest absolute Gasteiger partial charge is 0.321 e. The molecule has 0 radical (unpaired) electrons. The summed E-state index contributed by atoms with van der Waals surface area (Å²) in [6, 6.07) is 16.9. The highest BCUT2D eigenvalue weighted by molar-refractivity contribution is 6.27. The molecule has 1 aliphatic rings. The van der Waals surface area contributed by atoms with Crippen LogP contribution in [0.15, 0.2) is 54.6 Å². The zero-order valence-corrected chi connectivity index (χ0v) is 14.2. The quantitative estimate of drug-likeness (QED) is 0.775. The number of nitrogens with zero attached hydrogens (tertiary/aromatic N) is 1. The van der Waals surface area contributed by atoms with Crippen molar-refractivity contribution in [2.45, 2.75) is 13.8 Å². The fourth-order valence-electron chi connectivity index (χ4n) is 3.49. The smallest absolute Gasteiger partial charge is 0.258 e. The average molecular weight is 330 g/mol. The molecule has 0 aliphatic carbocycles. The standard InChI is InChI=1S/C21H18N2O2/c1-3-23-18-12-11-17(15-9-6-10-16(19(15)18)21(23)25)22-20(24)14-8-5-4-7-13(14)2/h4-12H,3H2,1-2H3,(H,22,24). The van der Waals surface area contributed by atoms with Crippen molar-refractivity contribution >= 4 is 34.0 Å². The lowest BCUT2D eigenvalue weighted by Gasteiger charge is -2.16. The molecule has 3 aromatic rings. The molecule has 0 spiro atoms. The van der Waals surface area contributed by atoms with E-state index in [-0.39, 0.29) is 11.8 Å². The van der Waals surface area contributed by atoms with Gasteiger partial charge >= 0.3 is 0 Å². The Kier molecular flexibility index (Phi) is 3.53. The summed E-state index contributed by atoms with van der Waals surface area (Å²) >= 11 is 0. The Balaban J connectivity index is 1.81. The Morgan fingerprint density at radius 1 is 1.04 bits per heavy atom. The Bertz CT molecular complexity index is 1020. The van der Waals surface area contributed by atoms with Crippen LogP contribution < -0.4 is 10.2 Å². The van der Waals surface area contributed by atoms with Gasteiger partial charge in [-0.3, -0.25) is 9.59 Å². The van der Waals surface area contributed by atoms with Gasteiger partial charge in [-0.25, -0.2) is 0 Å². The summed E-state index contributed by atoms with van der Waals surface area (Å²) < 4.78 is 0. The molecule has 1 heterocycles. The first kappa shape index (κ1) is 15.4. The van der Waals surface area contributed by atoms with Crippen molar-refractivity contribution in [3.63, 3.8) is 0 Å². The summed E-state index contributed by atoms with van der Waals surface area (Å²) in [5.74, 6) is -0.124. The van der Waals surface area contributed by atoms with E-state index in [0.29, 0.717) is 17.7 Å². The molecule has 25 heavy (non-hydrogen) atoms. The Hall–Kier alpha value is -3.14. The van der Waals surface area contributed by atoms with Crippen LogP contribution in [-0.2, 0) is 0 Å². The molecule has 0 saturated carbocycles. The molecule has 0 unspecified atom stereocenters. The van der Waals surface area contributed by atoms with E-state index in [4.69, 9.17) is 0 Å². The van der Waals surface area contributed by atoms with Crippen molar-refractivity contribution < 1.29 is 9.59 Å². The third kappa shape index (κ3) is 2.30. The molecule has 124 valence electrons. The van der Waals surface area contributed by atoms with Gasteiger partial charge in [-0.1, -0.05) is 30.3 Å². The molecule has 0 atom stereocenters. The Morgan fingerprint density at radius 3 is 2.60 bits per heavy atom. The first-order chi connectivity index (χ1) is 12.1. The van der Waals surface area contributed by atoms with Crippen LogP contribution in [0.5, 0.6) is 0 Å². The van der Waals surface area contributed by atoms with Crippen LogP contribution in [0.2, 0.25) is 0 Å². The molecular weight excluding hydrogens is 312 g/mol. The highest BCUT2D eigenvalue weighted by Crippen LogP contribution is 2.40. The minimum Gasteiger partial charge on any atom is -0.321 e. The molecule has 0 bridgehead atoms. The van der Waals surface area contributed by atoms with E-state index in [1.54, 1.807) is 4.90 Å². The molecule has 0 saturated heterocycles. The van der Waals surface area contributed by atoms with Gasteiger partial charge in [0.1, 0.15) is 0 Å². The lowest BCUT2D eigenvalue weighted by Crippen LogP contribution is -2.25. The second-order valence-electron chi connectivity index (χ2n) is 6.18. The molecule has 4 rings (SSSR count). The fourth-order valence-corrected chi connectivity index (χ4v) is 3.49. The molecular formula is C21H18N2O2. The van der Waals surface area contributed by atoms with Crippen molar-refractivity contribution in [2.24, 2.45) is 0 Å². The van der Waals surface area contributed by atoms with E-state index < -0.39 is 0 Å². The number of nitrogens with one attached hydrogen (secondary N) is 1. The molecule has 0 fully saturated rings. The van der Waals surface area contributed by atoms with Gasteiger partial charge in [0, 0.05) is 34.1 Å². The van der Waals surface area contributed by atoms with Crippen LogP contribution in [0.3, 0.4) is 0 Å². The van der Waals surface area contributed by atoms with Crippen LogP contribution >= 0.6 is 0 Å². The Labute approximate surface area is 146 Å². The normalized spacial score (nSPS) is 12.7. The van der Waals surface area contributed by atoms with Crippen molar-refractivity contribution in [3.8, 4) is 0 Å². The molecule has 1 aliphatic heterocycles. The third-order valence-corrected chi connectivity index (χ3v) is 4.74. The highest BCUT2D eigenvalue weighted by Gasteiger charge is 2.29. The van der Waals surface area contributed by atoms with Gasteiger partial charge in [0.2, 0.25) is 0 Å². The lowest BCUT2D eigenvalue weighted by molar-refractivity contribution is 0.0992. The first-order valence-electron chi connectivity index (χ1n) is 8.36. The van der Waals surface area contributed by atoms with Gasteiger partial charge in [0.15, 0.2) is 0 Å². The summed E-state index contributed by atoms with van der Waals surface area (Å²) in [6.07, 6.45) is 0. The van der Waals surface area contributed by atoms with Crippen molar-refractivity contribution in [1.82, 2.24) is 0 Å². The van der Waals surface area contributed by atoms with E-state index in [1.165, 1.54) is 0 Å².